The van der Waals surface area contributed by atoms with Gasteiger partial charge in [0.1, 0.15) is 0 Å². The van der Waals surface area contributed by atoms with Crippen LogP contribution in [0.5, 0.6) is 0 Å². The van der Waals surface area contributed by atoms with Crippen LogP contribution >= 0.6 is 0 Å². The molecule has 17 heavy (non-hydrogen) atoms. The molecule has 0 bridgehead atoms. The van der Waals surface area contributed by atoms with Crippen molar-refractivity contribution >= 4 is 11.8 Å². The molecule has 0 aromatic carbocycles. The Labute approximate surface area is 104 Å². The topological polar surface area (TPSA) is 70.2 Å². The van der Waals surface area contributed by atoms with Crippen molar-refractivity contribution in [3.63, 3.8) is 0 Å². The summed E-state index contributed by atoms with van der Waals surface area (Å²) < 4.78 is 0. The van der Waals surface area contributed by atoms with Crippen LogP contribution in [0.4, 0.5) is 0 Å². The van der Waals surface area contributed by atoms with Crippen LogP contribution in [0.2, 0.25) is 0 Å². The van der Waals surface area contributed by atoms with Crippen molar-refractivity contribution in [2.75, 3.05) is 19.6 Å². The Kier molecular flexibility index (Phi) is 8.40. The Balaban J connectivity index is 3.59. The predicted molar refractivity (Wildman–Crippen MR) is 68.6 cm³/mol. The minimum atomic E-state index is -0.148. The van der Waals surface area contributed by atoms with E-state index in [1.807, 2.05) is 20.8 Å². The first-order chi connectivity index (χ1) is 7.95. The molecular formula is C12H25N3O2. The number of hydrogen-bond acceptors (Lipinski definition) is 3. The highest BCUT2D eigenvalue weighted by Gasteiger charge is 2.06. The number of amides is 2. The summed E-state index contributed by atoms with van der Waals surface area (Å²) in [6.07, 6.45) is 0.974. The average molecular weight is 243 g/mol. The van der Waals surface area contributed by atoms with Crippen LogP contribution in [-0.2, 0) is 9.59 Å². The third-order valence-corrected chi connectivity index (χ3v) is 2.38. The van der Waals surface area contributed by atoms with Crippen LogP contribution in [-0.4, -0.2) is 37.5 Å². The summed E-state index contributed by atoms with van der Waals surface area (Å²) in [4.78, 5) is 22.7. The Hall–Kier alpha value is -1.10. The molecule has 2 amide bonds. The van der Waals surface area contributed by atoms with E-state index in [0.717, 1.165) is 6.42 Å². The van der Waals surface area contributed by atoms with Gasteiger partial charge in [-0.15, -0.1) is 0 Å². The molecule has 0 aromatic heterocycles. The minimum Gasteiger partial charge on any atom is -0.354 e. The molecular weight excluding hydrogens is 218 g/mol. The van der Waals surface area contributed by atoms with Gasteiger partial charge in [0.15, 0.2) is 0 Å². The third-order valence-electron chi connectivity index (χ3n) is 2.38. The largest absolute Gasteiger partial charge is 0.354 e. The van der Waals surface area contributed by atoms with Gasteiger partial charge < -0.3 is 16.0 Å². The first-order valence-electron chi connectivity index (χ1n) is 6.22. The zero-order valence-corrected chi connectivity index (χ0v) is 11.3. The van der Waals surface area contributed by atoms with Gasteiger partial charge in [-0.3, -0.25) is 9.59 Å². The molecule has 0 spiro atoms. The molecule has 5 nitrogen and oxygen atoms in total. The Morgan fingerprint density at radius 1 is 1.00 bits per heavy atom. The van der Waals surface area contributed by atoms with Gasteiger partial charge in [-0.1, -0.05) is 20.8 Å². The van der Waals surface area contributed by atoms with Crippen LogP contribution in [0.1, 0.15) is 34.1 Å². The summed E-state index contributed by atoms with van der Waals surface area (Å²) >= 11 is 0. The van der Waals surface area contributed by atoms with Crippen molar-refractivity contribution < 1.29 is 9.59 Å². The SMILES string of the molecule is CCC(C)NCC(=O)NCC(=O)NCC(C)C. The van der Waals surface area contributed by atoms with Gasteiger partial charge >= 0.3 is 0 Å². The van der Waals surface area contributed by atoms with Crippen LogP contribution < -0.4 is 16.0 Å². The fourth-order valence-electron chi connectivity index (χ4n) is 1.03. The molecule has 1 atom stereocenters. The lowest BCUT2D eigenvalue weighted by Gasteiger charge is -2.11. The molecule has 1 unspecified atom stereocenters. The van der Waals surface area contributed by atoms with E-state index in [-0.39, 0.29) is 24.9 Å². The van der Waals surface area contributed by atoms with Crippen molar-refractivity contribution in [3.05, 3.63) is 0 Å². The standard InChI is InChI=1S/C12H25N3O2/c1-5-10(4)13-7-11(16)15-8-12(17)14-6-9(2)3/h9-10,13H,5-8H2,1-4H3,(H,14,17)(H,15,16). The number of nitrogens with one attached hydrogen (secondary N) is 3. The second-order valence-electron chi connectivity index (χ2n) is 4.66. The minimum absolute atomic E-state index is 0.0493. The molecule has 100 valence electrons. The predicted octanol–water partition coefficient (Wildman–Crippen LogP) is 0.263. The Morgan fingerprint density at radius 2 is 1.59 bits per heavy atom. The highest BCUT2D eigenvalue weighted by molar-refractivity contribution is 5.85. The maximum atomic E-state index is 11.4. The number of rotatable bonds is 8. The van der Waals surface area contributed by atoms with Gasteiger partial charge in [-0.25, -0.2) is 0 Å². The van der Waals surface area contributed by atoms with Gasteiger partial charge in [-0.2, -0.15) is 0 Å². The van der Waals surface area contributed by atoms with Crippen LogP contribution in [0.15, 0.2) is 0 Å². The number of hydrogen-bond donors (Lipinski definition) is 3. The molecule has 0 fully saturated rings. The summed E-state index contributed by atoms with van der Waals surface area (Å²) in [5, 5.41) is 8.37. The van der Waals surface area contributed by atoms with Crippen molar-refractivity contribution in [2.45, 2.75) is 40.2 Å². The van der Waals surface area contributed by atoms with Gasteiger partial charge in [-0.05, 0) is 19.3 Å². The van der Waals surface area contributed by atoms with E-state index in [1.165, 1.54) is 0 Å². The summed E-state index contributed by atoms with van der Waals surface area (Å²) in [7, 11) is 0. The average Bonchev–Trinajstić information content (AvgIpc) is 2.30. The van der Waals surface area contributed by atoms with Gasteiger partial charge in [0.25, 0.3) is 0 Å². The lowest BCUT2D eigenvalue weighted by Crippen LogP contribution is -2.42. The summed E-state index contributed by atoms with van der Waals surface area (Å²) in [5.41, 5.74) is 0. The van der Waals surface area contributed by atoms with E-state index in [1.54, 1.807) is 0 Å². The van der Waals surface area contributed by atoms with E-state index in [9.17, 15) is 9.59 Å². The number of carbonyl (C=O) groups excluding carboxylic acids is 2. The molecule has 0 aliphatic carbocycles. The fourth-order valence-corrected chi connectivity index (χ4v) is 1.03. The van der Waals surface area contributed by atoms with E-state index >= 15 is 0 Å². The lowest BCUT2D eigenvalue weighted by molar-refractivity contribution is -0.125. The lowest BCUT2D eigenvalue weighted by atomic mass is 10.2. The quantitative estimate of drug-likeness (QED) is 0.573. The van der Waals surface area contributed by atoms with Crippen molar-refractivity contribution in [2.24, 2.45) is 5.92 Å². The number of carbonyl (C=O) groups is 2. The molecule has 0 rings (SSSR count). The summed E-state index contributed by atoms with van der Waals surface area (Å²) in [6.45, 7) is 9.06. The van der Waals surface area contributed by atoms with Gasteiger partial charge in [0.05, 0.1) is 13.1 Å². The van der Waals surface area contributed by atoms with Gasteiger partial charge in [0.2, 0.25) is 11.8 Å². The zero-order valence-electron chi connectivity index (χ0n) is 11.3. The van der Waals surface area contributed by atoms with E-state index in [2.05, 4.69) is 22.9 Å². The van der Waals surface area contributed by atoms with E-state index < -0.39 is 0 Å². The normalized spacial score (nSPS) is 12.3. The van der Waals surface area contributed by atoms with Crippen molar-refractivity contribution in [1.29, 1.82) is 0 Å². The van der Waals surface area contributed by atoms with Crippen LogP contribution in [0, 0.1) is 5.92 Å². The molecule has 5 heteroatoms. The molecule has 0 heterocycles. The van der Waals surface area contributed by atoms with E-state index in [0.29, 0.717) is 18.5 Å². The molecule has 0 saturated heterocycles. The monoisotopic (exact) mass is 243 g/mol. The second kappa shape index (κ2) is 8.98. The molecule has 0 aromatic rings. The maximum Gasteiger partial charge on any atom is 0.239 e. The van der Waals surface area contributed by atoms with Crippen LogP contribution in [0.25, 0.3) is 0 Å². The first-order valence-corrected chi connectivity index (χ1v) is 6.22. The van der Waals surface area contributed by atoms with Crippen molar-refractivity contribution in [1.82, 2.24) is 16.0 Å². The maximum absolute atomic E-state index is 11.4. The first kappa shape index (κ1) is 15.9. The molecule has 0 aliphatic heterocycles. The smallest absolute Gasteiger partial charge is 0.239 e. The third kappa shape index (κ3) is 9.81. The van der Waals surface area contributed by atoms with Gasteiger partial charge in [0, 0.05) is 12.6 Å². The van der Waals surface area contributed by atoms with Crippen LogP contribution in [0.3, 0.4) is 0 Å². The second-order valence-corrected chi connectivity index (χ2v) is 4.66. The van der Waals surface area contributed by atoms with E-state index in [4.69, 9.17) is 0 Å². The molecule has 3 N–H and O–H groups in total. The highest BCUT2D eigenvalue weighted by atomic mass is 16.2. The highest BCUT2D eigenvalue weighted by Crippen LogP contribution is 1.87. The molecule has 0 saturated carbocycles. The Bertz CT molecular complexity index is 242. The summed E-state index contributed by atoms with van der Waals surface area (Å²) in [5.74, 6) is 0.127. The van der Waals surface area contributed by atoms with Crippen molar-refractivity contribution in [3.8, 4) is 0 Å². The molecule has 0 aliphatic rings. The Morgan fingerprint density at radius 3 is 2.12 bits per heavy atom. The zero-order chi connectivity index (χ0) is 13.3. The fraction of sp³-hybridized carbons (Fsp3) is 0.833. The summed E-state index contributed by atoms with van der Waals surface area (Å²) in [6, 6.07) is 0.315. The molecule has 0 radical (unpaired) electrons.